The number of aromatic nitrogens is 1. The fraction of sp³-hybridized carbons (Fsp3) is 0.278. The molecule has 0 aliphatic carbocycles. The van der Waals surface area contributed by atoms with E-state index in [0.717, 1.165) is 12.1 Å². The average Bonchev–Trinajstić information content (AvgIpc) is 2.52. The Hall–Kier alpha value is -1.97. The maximum Gasteiger partial charge on any atom is 0.0672 e. The van der Waals surface area contributed by atoms with Crippen LogP contribution in [0, 0.1) is 0 Å². The Bertz CT molecular complexity index is 500. The van der Waals surface area contributed by atoms with Crippen molar-refractivity contribution in [3.05, 3.63) is 78.1 Å². The van der Waals surface area contributed by atoms with Gasteiger partial charge in [0.05, 0.1) is 19.3 Å². The SMILES string of the molecule is C=C(C)COCCNC(c1ccccc1)c1ccncc1. The molecule has 3 heteroatoms. The molecule has 2 rings (SSSR count). The Morgan fingerprint density at radius 2 is 1.81 bits per heavy atom. The molecule has 0 fully saturated rings. The molecule has 3 nitrogen and oxygen atoms in total. The van der Waals surface area contributed by atoms with Crippen LogP contribution >= 0.6 is 0 Å². The Morgan fingerprint density at radius 3 is 2.48 bits per heavy atom. The van der Waals surface area contributed by atoms with Crippen molar-refractivity contribution >= 4 is 0 Å². The largest absolute Gasteiger partial charge is 0.376 e. The highest BCUT2D eigenvalue weighted by molar-refractivity contribution is 5.30. The summed E-state index contributed by atoms with van der Waals surface area (Å²) in [5, 5.41) is 3.54. The zero-order valence-electron chi connectivity index (χ0n) is 12.5. The second-order valence-corrected chi connectivity index (χ2v) is 5.09. The van der Waals surface area contributed by atoms with Gasteiger partial charge in [-0.25, -0.2) is 0 Å². The lowest BCUT2D eigenvalue weighted by atomic mass is 10.00. The summed E-state index contributed by atoms with van der Waals surface area (Å²) in [7, 11) is 0. The van der Waals surface area contributed by atoms with Gasteiger partial charge in [0, 0.05) is 18.9 Å². The lowest BCUT2D eigenvalue weighted by Gasteiger charge is -2.19. The van der Waals surface area contributed by atoms with Crippen LogP contribution in [0.3, 0.4) is 0 Å². The zero-order chi connectivity index (χ0) is 14.9. The van der Waals surface area contributed by atoms with Gasteiger partial charge in [-0.15, -0.1) is 0 Å². The molecule has 0 aliphatic rings. The third-order valence-corrected chi connectivity index (χ3v) is 3.12. The number of nitrogens with zero attached hydrogens (tertiary/aromatic N) is 1. The van der Waals surface area contributed by atoms with E-state index in [1.807, 2.05) is 37.5 Å². The lowest BCUT2D eigenvalue weighted by Crippen LogP contribution is -2.26. The molecule has 0 spiro atoms. The van der Waals surface area contributed by atoms with E-state index in [-0.39, 0.29) is 6.04 Å². The molecular formula is C18H22N2O. The van der Waals surface area contributed by atoms with Crippen LogP contribution < -0.4 is 5.32 Å². The van der Waals surface area contributed by atoms with Crippen LogP contribution in [-0.2, 0) is 4.74 Å². The van der Waals surface area contributed by atoms with Gasteiger partial charge >= 0.3 is 0 Å². The van der Waals surface area contributed by atoms with Crippen molar-refractivity contribution in [1.29, 1.82) is 0 Å². The van der Waals surface area contributed by atoms with Gasteiger partial charge in [0.2, 0.25) is 0 Å². The standard InChI is InChI=1S/C18H22N2O/c1-15(2)14-21-13-12-20-18(16-6-4-3-5-7-16)17-8-10-19-11-9-17/h3-11,18,20H,1,12-14H2,2H3. The Labute approximate surface area is 126 Å². The van der Waals surface area contributed by atoms with Crippen LogP contribution in [0.4, 0.5) is 0 Å². The number of hydrogen-bond donors (Lipinski definition) is 1. The molecule has 1 N–H and O–H groups in total. The van der Waals surface area contributed by atoms with Crippen LogP contribution in [0.15, 0.2) is 67.0 Å². The van der Waals surface area contributed by atoms with Crippen molar-refractivity contribution in [1.82, 2.24) is 10.3 Å². The summed E-state index contributed by atoms with van der Waals surface area (Å²) >= 11 is 0. The molecule has 21 heavy (non-hydrogen) atoms. The molecule has 0 bridgehead atoms. The molecule has 0 radical (unpaired) electrons. The minimum atomic E-state index is 0.155. The summed E-state index contributed by atoms with van der Waals surface area (Å²) in [4.78, 5) is 4.09. The number of pyridine rings is 1. The van der Waals surface area contributed by atoms with Gasteiger partial charge < -0.3 is 10.1 Å². The molecule has 110 valence electrons. The molecule has 1 atom stereocenters. The van der Waals surface area contributed by atoms with Crippen molar-refractivity contribution in [3.8, 4) is 0 Å². The highest BCUT2D eigenvalue weighted by Gasteiger charge is 2.12. The third kappa shape index (κ3) is 5.14. The van der Waals surface area contributed by atoms with E-state index < -0.39 is 0 Å². The fourth-order valence-corrected chi connectivity index (χ4v) is 2.15. The lowest BCUT2D eigenvalue weighted by molar-refractivity contribution is 0.156. The first-order chi connectivity index (χ1) is 10.3. The van der Waals surface area contributed by atoms with E-state index in [2.05, 4.69) is 41.1 Å². The Kier molecular flexibility index (Phi) is 6.13. The summed E-state index contributed by atoms with van der Waals surface area (Å²) in [6, 6.07) is 14.6. The van der Waals surface area contributed by atoms with Gasteiger partial charge in [0.25, 0.3) is 0 Å². The molecule has 1 heterocycles. The third-order valence-electron chi connectivity index (χ3n) is 3.12. The average molecular weight is 282 g/mol. The normalized spacial score (nSPS) is 12.0. The van der Waals surface area contributed by atoms with Crippen LogP contribution in [0.1, 0.15) is 24.1 Å². The number of hydrogen-bond acceptors (Lipinski definition) is 3. The maximum absolute atomic E-state index is 5.54. The van der Waals surface area contributed by atoms with Crippen molar-refractivity contribution in [2.75, 3.05) is 19.8 Å². The summed E-state index contributed by atoms with van der Waals surface area (Å²) in [6.45, 7) is 7.87. The highest BCUT2D eigenvalue weighted by Crippen LogP contribution is 2.20. The number of rotatable bonds is 8. The zero-order valence-corrected chi connectivity index (χ0v) is 12.5. The van der Waals surface area contributed by atoms with Crippen LogP contribution in [-0.4, -0.2) is 24.7 Å². The van der Waals surface area contributed by atoms with Crippen molar-refractivity contribution in [3.63, 3.8) is 0 Å². The minimum absolute atomic E-state index is 0.155. The summed E-state index contributed by atoms with van der Waals surface area (Å²) in [5.74, 6) is 0. The van der Waals surface area contributed by atoms with Crippen molar-refractivity contribution < 1.29 is 4.74 Å². The van der Waals surface area contributed by atoms with Gasteiger partial charge in [0.1, 0.15) is 0 Å². The fourth-order valence-electron chi connectivity index (χ4n) is 2.15. The van der Waals surface area contributed by atoms with Gasteiger partial charge in [0.15, 0.2) is 0 Å². The number of benzene rings is 1. The summed E-state index contributed by atoms with van der Waals surface area (Å²) < 4.78 is 5.54. The number of nitrogens with one attached hydrogen (secondary N) is 1. The molecule has 0 saturated carbocycles. The first-order valence-corrected chi connectivity index (χ1v) is 7.18. The van der Waals surface area contributed by atoms with E-state index in [1.165, 1.54) is 11.1 Å². The van der Waals surface area contributed by atoms with Gasteiger partial charge in [-0.2, -0.15) is 0 Å². The molecular weight excluding hydrogens is 260 g/mol. The molecule has 1 aromatic carbocycles. The molecule has 1 aromatic heterocycles. The van der Waals surface area contributed by atoms with E-state index >= 15 is 0 Å². The molecule has 1 unspecified atom stereocenters. The summed E-state index contributed by atoms with van der Waals surface area (Å²) in [6.07, 6.45) is 3.65. The number of ether oxygens (including phenoxy) is 1. The first-order valence-electron chi connectivity index (χ1n) is 7.18. The monoisotopic (exact) mass is 282 g/mol. The van der Waals surface area contributed by atoms with Crippen molar-refractivity contribution in [2.45, 2.75) is 13.0 Å². The molecule has 0 saturated heterocycles. The molecule has 0 aliphatic heterocycles. The van der Waals surface area contributed by atoms with Gasteiger partial charge in [-0.3, -0.25) is 4.98 Å². The van der Waals surface area contributed by atoms with Crippen LogP contribution in [0.2, 0.25) is 0 Å². The predicted molar refractivity (Wildman–Crippen MR) is 86.2 cm³/mol. The van der Waals surface area contributed by atoms with E-state index in [0.29, 0.717) is 13.2 Å². The first kappa shape index (κ1) is 15.4. The quantitative estimate of drug-likeness (QED) is 0.595. The minimum Gasteiger partial charge on any atom is -0.376 e. The van der Waals surface area contributed by atoms with Crippen LogP contribution in [0.25, 0.3) is 0 Å². The van der Waals surface area contributed by atoms with Crippen molar-refractivity contribution in [2.24, 2.45) is 0 Å². The second kappa shape index (κ2) is 8.35. The Morgan fingerprint density at radius 1 is 1.14 bits per heavy atom. The molecule has 2 aromatic rings. The van der Waals surface area contributed by atoms with E-state index in [4.69, 9.17) is 4.74 Å². The topological polar surface area (TPSA) is 34.1 Å². The maximum atomic E-state index is 5.54. The second-order valence-electron chi connectivity index (χ2n) is 5.09. The van der Waals surface area contributed by atoms with E-state index in [1.54, 1.807) is 0 Å². The Balaban J connectivity index is 1.99. The smallest absolute Gasteiger partial charge is 0.0672 e. The van der Waals surface area contributed by atoms with Crippen LogP contribution in [0.5, 0.6) is 0 Å². The highest BCUT2D eigenvalue weighted by atomic mass is 16.5. The van der Waals surface area contributed by atoms with Gasteiger partial charge in [-0.1, -0.05) is 42.5 Å². The summed E-state index contributed by atoms with van der Waals surface area (Å²) in [5.41, 5.74) is 3.49. The van der Waals surface area contributed by atoms with E-state index in [9.17, 15) is 0 Å². The molecule has 0 amide bonds. The predicted octanol–water partition coefficient (Wildman–Crippen LogP) is 3.35. The van der Waals surface area contributed by atoms with Gasteiger partial charge in [-0.05, 0) is 30.2 Å².